The third-order valence-corrected chi connectivity index (χ3v) is 5.38. The van der Waals surface area contributed by atoms with Crippen LogP contribution in [0.15, 0.2) is 41.2 Å². The van der Waals surface area contributed by atoms with Crippen molar-refractivity contribution in [2.75, 3.05) is 18.4 Å². The topological polar surface area (TPSA) is 76.2 Å². The first-order valence-electron chi connectivity index (χ1n) is 9.84. The van der Waals surface area contributed by atoms with E-state index in [-0.39, 0.29) is 11.6 Å². The molecule has 3 heterocycles. The van der Waals surface area contributed by atoms with Gasteiger partial charge in [-0.1, -0.05) is 35.3 Å². The Kier molecular flexibility index (Phi) is 5.97. The number of aryl methyl sites for hydroxylation is 1. The Labute approximate surface area is 174 Å². The van der Waals surface area contributed by atoms with Crippen molar-refractivity contribution in [1.82, 2.24) is 19.8 Å². The predicted octanol–water partition coefficient (Wildman–Crippen LogP) is 4.12. The Morgan fingerprint density at radius 2 is 1.93 bits per heavy atom. The predicted molar refractivity (Wildman–Crippen MR) is 111 cm³/mol. The van der Waals surface area contributed by atoms with Crippen LogP contribution in [0.3, 0.4) is 0 Å². The normalized spacial score (nSPS) is 14.8. The van der Waals surface area contributed by atoms with Gasteiger partial charge in [0.25, 0.3) is 5.91 Å². The summed E-state index contributed by atoms with van der Waals surface area (Å²) in [5.41, 5.74) is 2.92. The number of halogens is 1. The van der Waals surface area contributed by atoms with Crippen molar-refractivity contribution in [3.63, 3.8) is 0 Å². The first-order chi connectivity index (χ1) is 14.1. The highest BCUT2D eigenvalue weighted by Crippen LogP contribution is 2.19. The van der Waals surface area contributed by atoms with E-state index in [1.807, 2.05) is 12.1 Å². The van der Waals surface area contributed by atoms with E-state index in [0.717, 1.165) is 25.3 Å². The molecule has 29 heavy (non-hydrogen) atoms. The van der Waals surface area contributed by atoms with E-state index in [9.17, 15) is 4.79 Å². The molecule has 1 aromatic carbocycles. The molecule has 1 amide bonds. The van der Waals surface area contributed by atoms with Crippen LogP contribution >= 0.6 is 11.6 Å². The molecule has 4 rings (SSSR count). The van der Waals surface area contributed by atoms with Gasteiger partial charge in [0.2, 0.25) is 0 Å². The zero-order valence-electron chi connectivity index (χ0n) is 16.4. The number of amides is 1. The smallest absolute Gasteiger partial charge is 0.278 e. The highest BCUT2D eigenvalue weighted by atomic mass is 35.5. The number of hydrogen-bond donors (Lipinski definition) is 1. The molecule has 0 aliphatic carbocycles. The first kappa shape index (κ1) is 19.7. The number of likely N-dealkylation sites (tertiary alicyclic amines) is 1. The maximum atomic E-state index is 12.7. The van der Waals surface area contributed by atoms with Crippen LogP contribution in [-0.2, 0) is 13.1 Å². The third kappa shape index (κ3) is 4.86. The maximum absolute atomic E-state index is 12.7. The molecule has 3 aromatic rings. The van der Waals surface area contributed by atoms with Gasteiger partial charge in [0, 0.05) is 24.0 Å². The van der Waals surface area contributed by atoms with Gasteiger partial charge in [-0.2, -0.15) is 5.10 Å². The fraction of sp³-hybridized carbons (Fsp3) is 0.381. The minimum absolute atomic E-state index is 0.256. The summed E-state index contributed by atoms with van der Waals surface area (Å²) in [7, 11) is 0. The zero-order valence-corrected chi connectivity index (χ0v) is 17.2. The lowest BCUT2D eigenvalue weighted by Crippen LogP contribution is -2.29. The lowest BCUT2D eigenvalue weighted by molar-refractivity contribution is 0.101. The van der Waals surface area contributed by atoms with E-state index >= 15 is 0 Å². The zero-order chi connectivity index (χ0) is 20.2. The molecule has 1 N–H and O–H groups in total. The SMILES string of the molecule is Cc1onc(C(=O)Nc2ccc(CN3CCCCC3)cc2)c1Cn1cc(Cl)cn1. The molecule has 0 bridgehead atoms. The van der Waals surface area contributed by atoms with Gasteiger partial charge in [0.1, 0.15) is 5.76 Å². The molecule has 7 nitrogen and oxygen atoms in total. The molecule has 1 fully saturated rings. The summed E-state index contributed by atoms with van der Waals surface area (Å²) in [6.45, 7) is 5.41. The number of nitrogens with zero attached hydrogens (tertiary/aromatic N) is 4. The molecule has 1 saturated heterocycles. The molecule has 2 aromatic heterocycles. The van der Waals surface area contributed by atoms with Crippen LogP contribution in [0.2, 0.25) is 5.02 Å². The van der Waals surface area contributed by atoms with Gasteiger partial charge in [-0.15, -0.1) is 0 Å². The second-order valence-electron chi connectivity index (χ2n) is 7.41. The molecule has 0 spiro atoms. The van der Waals surface area contributed by atoms with Crippen molar-refractivity contribution in [3.05, 3.63) is 64.3 Å². The second-order valence-corrected chi connectivity index (χ2v) is 7.85. The summed E-state index contributed by atoms with van der Waals surface area (Å²) in [6.07, 6.45) is 7.13. The number of anilines is 1. The number of hydrogen-bond acceptors (Lipinski definition) is 5. The van der Waals surface area contributed by atoms with Gasteiger partial charge >= 0.3 is 0 Å². The van der Waals surface area contributed by atoms with E-state index in [2.05, 4.69) is 32.6 Å². The lowest BCUT2D eigenvalue weighted by Gasteiger charge is -2.26. The minimum atomic E-state index is -0.307. The summed E-state index contributed by atoms with van der Waals surface area (Å²) in [5.74, 6) is 0.275. The molecule has 8 heteroatoms. The van der Waals surface area contributed by atoms with Gasteiger partial charge < -0.3 is 9.84 Å². The summed E-state index contributed by atoms with van der Waals surface area (Å²) < 4.78 is 6.89. The van der Waals surface area contributed by atoms with Gasteiger partial charge in [-0.05, 0) is 50.6 Å². The largest absolute Gasteiger partial charge is 0.361 e. The highest BCUT2D eigenvalue weighted by Gasteiger charge is 2.21. The molecule has 0 radical (unpaired) electrons. The van der Waals surface area contributed by atoms with Crippen molar-refractivity contribution in [3.8, 4) is 0 Å². The molecule has 0 unspecified atom stereocenters. The molecular formula is C21H24ClN5O2. The molecule has 1 aliphatic rings. The Morgan fingerprint density at radius 1 is 1.17 bits per heavy atom. The fourth-order valence-electron chi connectivity index (χ4n) is 3.60. The molecule has 1 aliphatic heterocycles. The van der Waals surface area contributed by atoms with E-state index in [0.29, 0.717) is 22.9 Å². The van der Waals surface area contributed by atoms with Crippen molar-refractivity contribution in [1.29, 1.82) is 0 Å². The monoisotopic (exact) mass is 413 g/mol. The summed E-state index contributed by atoms with van der Waals surface area (Å²) in [6, 6.07) is 7.98. The Balaban J connectivity index is 1.41. The quantitative estimate of drug-likeness (QED) is 0.657. The van der Waals surface area contributed by atoms with Crippen molar-refractivity contribution in [2.24, 2.45) is 0 Å². The van der Waals surface area contributed by atoms with Crippen LogP contribution in [0, 0.1) is 6.92 Å². The minimum Gasteiger partial charge on any atom is -0.361 e. The molecule has 0 atom stereocenters. The first-order valence-corrected chi connectivity index (χ1v) is 10.2. The van der Waals surface area contributed by atoms with E-state index < -0.39 is 0 Å². The van der Waals surface area contributed by atoms with Gasteiger partial charge in [-0.25, -0.2) is 0 Å². The molecule has 0 saturated carbocycles. The number of piperidine rings is 1. The van der Waals surface area contributed by atoms with Gasteiger partial charge in [0.15, 0.2) is 5.69 Å². The van der Waals surface area contributed by atoms with Crippen molar-refractivity contribution >= 4 is 23.2 Å². The average Bonchev–Trinajstić information content (AvgIpc) is 3.30. The standard InChI is InChI=1S/C21H24ClN5O2/c1-15-19(14-27-13-17(22)11-23-27)20(25-29-15)21(28)24-18-7-5-16(6-8-18)12-26-9-3-2-4-10-26/h5-8,11,13H,2-4,9-10,12,14H2,1H3,(H,24,28). The van der Waals surface area contributed by atoms with Gasteiger partial charge in [-0.3, -0.25) is 14.4 Å². The van der Waals surface area contributed by atoms with E-state index in [4.69, 9.17) is 16.1 Å². The van der Waals surface area contributed by atoms with Crippen LogP contribution in [0.4, 0.5) is 5.69 Å². The fourth-order valence-corrected chi connectivity index (χ4v) is 3.76. The average molecular weight is 414 g/mol. The van der Waals surface area contributed by atoms with Crippen LogP contribution < -0.4 is 5.32 Å². The van der Waals surface area contributed by atoms with Crippen molar-refractivity contribution in [2.45, 2.75) is 39.3 Å². The van der Waals surface area contributed by atoms with Crippen molar-refractivity contribution < 1.29 is 9.32 Å². The highest BCUT2D eigenvalue weighted by molar-refractivity contribution is 6.30. The summed E-state index contributed by atoms with van der Waals surface area (Å²) in [5, 5.41) is 11.5. The van der Waals surface area contributed by atoms with Crippen LogP contribution in [0.1, 0.15) is 46.6 Å². The van der Waals surface area contributed by atoms with Crippen LogP contribution in [0.25, 0.3) is 0 Å². The van der Waals surface area contributed by atoms with E-state index in [1.54, 1.807) is 24.0 Å². The van der Waals surface area contributed by atoms with Crippen LogP contribution in [0.5, 0.6) is 0 Å². The Morgan fingerprint density at radius 3 is 2.62 bits per heavy atom. The number of carbonyl (C=O) groups is 1. The maximum Gasteiger partial charge on any atom is 0.278 e. The number of aromatic nitrogens is 3. The third-order valence-electron chi connectivity index (χ3n) is 5.19. The summed E-state index contributed by atoms with van der Waals surface area (Å²) >= 11 is 5.92. The Bertz CT molecular complexity index is 973. The lowest BCUT2D eigenvalue weighted by atomic mass is 10.1. The molecule has 152 valence electrons. The number of rotatable bonds is 6. The Hall–Kier alpha value is -2.64. The summed E-state index contributed by atoms with van der Waals surface area (Å²) in [4.78, 5) is 15.2. The molecular weight excluding hydrogens is 390 g/mol. The number of carbonyl (C=O) groups excluding carboxylic acids is 1. The van der Waals surface area contributed by atoms with Gasteiger partial charge in [0.05, 0.1) is 17.8 Å². The van der Waals surface area contributed by atoms with Crippen LogP contribution in [-0.4, -0.2) is 38.8 Å². The second kappa shape index (κ2) is 8.80. The number of nitrogens with one attached hydrogen (secondary N) is 1. The van der Waals surface area contributed by atoms with E-state index in [1.165, 1.54) is 24.8 Å². The number of benzene rings is 1.